The number of nitrogens with two attached hydrogens (primary N) is 1. The molecule has 1 unspecified atom stereocenters. The molecule has 20 heavy (non-hydrogen) atoms. The van der Waals surface area contributed by atoms with E-state index in [1.165, 1.54) is 6.07 Å². The Balaban J connectivity index is 2.30. The average Bonchev–Trinajstić information content (AvgIpc) is 2.41. The van der Waals surface area contributed by atoms with E-state index in [-0.39, 0.29) is 11.2 Å². The van der Waals surface area contributed by atoms with Gasteiger partial charge in [0, 0.05) is 22.0 Å². The van der Waals surface area contributed by atoms with Crippen LogP contribution in [0, 0.1) is 16.6 Å². The van der Waals surface area contributed by atoms with Crippen molar-refractivity contribution in [3.05, 3.63) is 34.1 Å². The summed E-state index contributed by atoms with van der Waals surface area (Å²) in [5.41, 5.74) is 6.19. The lowest BCUT2D eigenvalue weighted by Crippen LogP contribution is -2.42. The van der Waals surface area contributed by atoms with Crippen molar-refractivity contribution in [1.29, 1.82) is 0 Å². The van der Waals surface area contributed by atoms with Gasteiger partial charge in [-0.2, -0.15) is 0 Å². The van der Waals surface area contributed by atoms with Crippen molar-refractivity contribution in [1.82, 2.24) is 0 Å². The van der Waals surface area contributed by atoms with E-state index < -0.39 is 11.5 Å². The topological polar surface area (TPSA) is 46.2 Å². The van der Waals surface area contributed by atoms with Crippen LogP contribution in [0.3, 0.4) is 0 Å². The van der Waals surface area contributed by atoms with Crippen molar-refractivity contribution in [2.45, 2.75) is 45.6 Å². The number of rotatable bonds is 3. The molecule has 0 heterocycles. The van der Waals surface area contributed by atoms with E-state index in [1.807, 2.05) is 0 Å². The molecule has 112 valence electrons. The second-order valence-electron chi connectivity index (χ2n) is 6.80. The van der Waals surface area contributed by atoms with Gasteiger partial charge in [0.15, 0.2) is 0 Å². The number of halogens is 2. The third-order valence-corrected chi connectivity index (χ3v) is 5.33. The SMILES string of the molecule is CC1(C)CCC(CN)(C(O)c2cc(Br)ccc2F)CC1. The van der Waals surface area contributed by atoms with E-state index in [0.717, 1.165) is 30.2 Å². The van der Waals surface area contributed by atoms with Crippen molar-refractivity contribution in [2.75, 3.05) is 6.54 Å². The zero-order valence-electron chi connectivity index (χ0n) is 12.1. The highest BCUT2D eigenvalue weighted by molar-refractivity contribution is 9.10. The van der Waals surface area contributed by atoms with E-state index in [4.69, 9.17) is 5.73 Å². The first-order chi connectivity index (χ1) is 9.30. The zero-order valence-corrected chi connectivity index (χ0v) is 13.7. The Morgan fingerprint density at radius 2 is 1.90 bits per heavy atom. The molecule has 0 saturated heterocycles. The molecule has 0 aliphatic heterocycles. The molecule has 1 aliphatic rings. The molecule has 2 nitrogen and oxygen atoms in total. The van der Waals surface area contributed by atoms with Gasteiger partial charge in [0.1, 0.15) is 5.82 Å². The summed E-state index contributed by atoms with van der Waals surface area (Å²) in [6.45, 7) is 4.86. The van der Waals surface area contributed by atoms with Gasteiger partial charge in [0.2, 0.25) is 0 Å². The van der Waals surface area contributed by atoms with Crippen LogP contribution in [0.15, 0.2) is 22.7 Å². The van der Waals surface area contributed by atoms with Gasteiger partial charge in [-0.1, -0.05) is 29.8 Å². The van der Waals surface area contributed by atoms with Gasteiger partial charge in [0.25, 0.3) is 0 Å². The van der Waals surface area contributed by atoms with Gasteiger partial charge in [-0.05, 0) is 49.3 Å². The summed E-state index contributed by atoms with van der Waals surface area (Å²) >= 11 is 3.34. The van der Waals surface area contributed by atoms with Gasteiger partial charge in [-0.3, -0.25) is 0 Å². The Kier molecular flexibility index (Phi) is 4.57. The lowest BCUT2D eigenvalue weighted by Gasteiger charge is -2.45. The summed E-state index contributed by atoms with van der Waals surface area (Å²) in [7, 11) is 0. The average molecular weight is 344 g/mol. The van der Waals surface area contributed by atoms with E-state index in [2.05, 4.69) is 29.8 Å². The van der Waals surface area contributed by atoms with Gasteiger partial charge >= 0.3 is 0 Å². The molecule has 2 rings (SSSR count). The second-order valence-corrected chi connectivity index (χ2v) is 7.71. The Bertz CT molecular complexity index is 479. The maximum Gasteiger partial charge on any atom is 0.129 e. The number of aliphatic hydroxyl groups excluding tert-OH is 1. The zero-order chi connectivity index (χ0) is 15.0. The Hall–Kier alpha value is -0.450. The van der Waals surface area contributed by atoms with Crippen molar-refractivity contribution in [2.24, 2.45) is 16.6 Å². The molecular weight excluding hydrogens is 321 g/mol. The van der Waals surface area contributed by atoms with Crippen LogP contribution >= 0.6 is 15.9 Å². The van der Waals surface area contributed by atoms with Crippen molar-refractivity contribution >= 4 is 15.9 Å². The molecule has 1 atom stereocenters. The lowest BCUT2D eigenvalue weighted by molar-refractivity contribution is -0.0253. The van der Waals surface area contributed by atoms with Gasteiger partial charge in [-0.15, -0.1) is 0 Å². The number of hydrogen-bond donors (Lipinski definition) is 2. The largest absolute Gasteiger partial charge is 0.388 e. The maximum atomic E-state index is 14.0. The fraction of sp³-hybridized carbons (Fsp3) is 0.625. The molecule has 4 heteroatoms. The van der Waals surface area contributed by atoms with Crippen LogP contribution in [0.5, 0.6) is 0 Å². The third-order valence-electron chi connectivity index (χ3n) is 4.84. The van der Waals surface area contributed by atoms with E-state index in [0.29, 0.717) is 12.1 Å². The highest BCUT2D eigenvalue weighted by Gasteiger charge is 2.43. The van der Waals surface area contributed by atoms with Crippen LogP contribution < -0.4 is 5.73 Å². The first-order valence-electron chi connectivity index (χ1n) is 7.13. The summed E-state index contributed by atoms with van der Waals surface area (Å²) < 4.78 is 14.8. The standard InChI is InChI=1S/C16H23BrFNO/c1-15(2)5-7-16(10-19,8-6-15)14(20)12-9-11(17)3-4-13(12)18/h3-4,9,14,20H,5-8,10,19H2,1-2H3. The lowest BCUT2D eigenvalue weighted by atomic mass is 9.62. The molecule has 0 bridgehead atoms. The molecule has 0 spiro atoms. The molecule has 1 fully saturated rings. The van der Waals surface area contributed by atoms with Gasteiger partial charge in [0.05, 0.1) is 6.10 Å². The summed E-state index contributed by atoms with van der Waals surface area (Å²) in [6, 6.07) is 4.70. The number of benzene rings is 1. The van der Waals surface area contributed by atoms with Crippen molar-refractivity contribution < 1.29 is 9.50 Å². The van der Waals surface area contributed by atoms with Gasteiger partial charge < -0.3 is 10.8 Å². The third kappa shape index (κ3) is 3.07. The van der Waals surface area contributed by atoms with Crippen LogP contribution in [0.2, 0.25) is 0 Å². The van der Waals surface area contributed by atoms with Crippen molar-refractivity contribution in [3.63, 3.8) is 0 Å². The highest BCUT2D eigenvalue weighted by atomic mass is 79.9. The molecule has 1 aromatic carbocycles. The Labute approximate surface area is 128 Å². The molecule has 0 amide bonds. The van der Waals surface area contributed by atoms with Crippen LogP contribution in [0.1, 0.15) is 51.2 Å². The fourth-order valence-corrected chi connectivity index (χ4v) is 3.45. The first kappa shape index (κ1) is 15.9. The molecule has 0 aromatic heterocycles. The predicted molar refractivity (Wildman–Crippen MR) is 82.8 cm³/mol. The maximum absolute atomic E-state index is 14.0. The van der Waals surface area contributed by atoms with Crippen LogP contribution in [0.25, 0.3) is 0 Å². The normalized spacial score (nSPS) is 22.5. The first-order valence-corrected chi connectivity index (χ1v) is 7.92. The summed E-state index contributed by atoms with van der Waals surface area (Å²) in [6.07, 6.45) is 2.85. The quantitative estimate of drug-likeness (QED) is 0.865. The van der Waals surface area contributed by atoms with Crippen LogP contribution in [0.4, 0.5) is 4.39 Å². The second kappa shape index (κ2) is 5.74. The number of aliphatic hydroxyl groups is 1. The molecule has 1 aromatic rings. The molecule has 0 radical (unpaired) electrons. The summed E-state index contributed by atoms with van der Waals surface area (Å²) in [5.74, 6) is -0.363. The minimum atomic E-state index is -0.846. The fourth-order valence-electron chi connectivity index (χ4n) is 3.07. The van der Waals surface area contributed by atoms with E-state index in [9.17, 15) is 9.50 Å². The van der Waals surface area contributed by atoms with Gasteiger partial charge in [-0.25, -0.2) is 4.39 Å². The van der Waals surface area contributed by atoms with E-state index in [1.54, 1.807) is 12.1 Å². The number of hydrogen-bond acceptors (Lipinski definition) is 2. The molecular formula is C16H23BrFNO. The Morgan fingerprint density at radius 1 is 1.30 bits per heavy atom. The monoisotopic (exact) mass is 343 g/mol. The van der Waals surface area contributed by atoms with Crippen LogP contribution in [-0.4, -0.2) is 11.7 Å². The predicted octanol–water partition coefficient (Wildman–Crippen LogP) is 4.17. The Morgan fingerprint density at radius 3 is 2.45 bits per heavy atom. The summed E-state index contributed by atoms with van der Waals surface area (Å²) in [4.78, 5) is 0. The molecule has 1 aliphatic carbocycles. The highest BCUT2D eigenvalue weighted by Crippen LogP contribution is 2.51. The minimum absolute atomic E-state index is 0.286. The van der Waals surface area contributed by atoms with E-state index >= 15 is 0 Å². The molecule has 1 saturated carbocycles. The van der Waals surface area contributed by atoms with Crippen LogP contribution in [-0.2, 0) is 0 Å². The van der Waals surface area contributed by atoms with Crippen molar-refractivity contribution in [3.8, 4) is 0 Å². The smallest absolute Gasteiger partial charge is 0.129 e. The summed E-state index contributed by atoms with van der Waals surface area (Å²) in [5, 5.41) is 10.7. The molecule has 3 N–H and O–H groups in total. The minimum Gasteiger partial charge on any atom is -0.388 e.